The van der Waals surface area contributed by atoms with Crippen LogP contribution in [0.3, 0.4) is 0 Å². The molecule has 1 aromatic heterocycles. The van der Waals surface area contributed by atoms with E-state index in [1.54, 1.807) is 0 Å². The molecule has 114 valence electrons. The Morgan fingerprint density at radius 1 is 1.00 bits per heavy atom. The van der Waals surface area contributed by atoms with Gasteiger partial charge < -0.3 is 5.73 Å². The molecule has 0 unspecified atom stereocenters. The van der Waals surface area contributed by atoms with Gasteiger partial charge in [0.05, 0.1) is 6.20 Å². The average molecular weight is 285 g/mol. The minimum absolute atomic E-state index is 0.798. The molecule has 0 spiro atoms. The second-order valence-corrected chi connectivity index (χ2v) is 5.74. The predicted molar refractivity (Wildman–Crippen MR) is 90.1 cm³/mol. The molecule has 0 fully saturated rings. The lowest BCUT2D eigenvalue weighted by atomic mass is 10.1. The molecule has 21 heavy (non-hydrogen) atoms. The van der Waals surface area contributed by atoms with Crippen LogP contribution in [0.4, 0.5) is 5.69 Å². The van der Waals surface area contributed by atoms with Gasteiger partial charge in [0.1, 0.15) is 0 Å². The molecular weight excluding hydrogens is 258 g/mol. The third kappa shape index (κ3) is 5.25. The molecule has 3 nitrogen and oxygen atoms in total. The van der Waals surface area contributed by atoms with Gasteiger partial charge in [0, 0.05) is 24.0 Å². The number of aromatic nitrogens is 2. The Balaban J connectivity index is 1.73. The van der Waals surface area contributed by atoms with Gasteiger partial charge in [-0.15, -0.1) is 0 Å². The third-order valence-corrected chi connectivity index (χ3v) is 3.84. The van der Waals surface area contributed by atoms with Gasteiger partial charge in [0.15, 0.2) is 0 Å². The number of hydrogen-bond acceptors (Lipinski definition) is 2. The fourth-order valence-corrected chi connectivity index (χ4v) is 2.58. The number of anilines is 1. The maximum absolute atomic E-state index is 5.82. The van der Waals surface area contributed by atoms with Gasteiger partial charge in [-0.05, 0) is 24.1 Å². The topological polar surface area (TPSA) is 43.8 Å². The predicted octanol–water partition coefficient (Wildman–Crippen LogP) is 4.88. The first kappa shape index (κ1) is 15.6. The number of rotatable bonds is 9. The van der Waals surface area contributed by atoms with Crippen molar-refractivity contribution in [2.24, 2.45) is 0 Å². The van der Waals surface area contributed by atoms with Crippen LogP contribution in [0.1, 0.15) is 51.9 Å². The smallest absolute Gasteiger partial charge is 0.0568 e. The van der Waals surface area contributed by atoms with Crippen LogP contribution in [0.5, 0.6) is 0 Å². The molecule has 0 aliphatic rings. The molecule has 2 N–H and O–H groups in total. The molecule has 0 bridgehead atoms. The second kappa shape index (κ2) is 8.50. The summed E-state index contributed by atoms with van der Waals surface area (Å²) < 4.78 is 2.05. The molecular formula is C18H27N3. The fourth-order valence-electron chi connectivity index (χ4n) is 2.58. The molecule has 1 heterocycles. The quantitative estimate of drug-likeness (QED) is 0.527. The van der Waals surface area contributed by atoms with E-state index in [9.17, 15) is 0 Å². The van der Waals surface area contributed by atoms with Gasteiger partial charge in [-0.2, -0.15) is 5.10 Å². The molecule has 2 rings (SSSR count). The summed E-state index contributed by atoms with van der Waals surface area (Å²) in [4.78, 5) is 0. The molecule has 0 saturated carbocycles. The van der Waals surface area contributed by atoms with E-state index < -0.39 is 0 Å². The molecule has 0 saturated heterocycles. The zero-order chi connectivity index (χ0) is 14.9. The van der Waals surface area contributed by atoms with Crippen LogP contribution in [0, 0.1) is 0 Å². The van der Waals surface area contributed by atoms with Gasteiger partial charge in [-0.3, -0.25) is 4.68 Å². The summed E-state index contributed by atoms with van der Waals surface area (Å²) in [5.74, 6) is 0. The highest BCUT2D eigenvalue weighted by atomic mass is 15.3. The van der Waals surface area contributed by atoms with Crippen molar-refractivity contribution >= 4 is 5.69 Å². The number of nitrogen functional groups attached to an aromatic ring is 1. The number of aryl methyl sites for hydroxylation is 1. The number of unbranched alkanes of at least 4 members (excludes halogenated alkanes) is 6. The standard InChI is InChI=1S/C18H27N3/c1-2-3-4-5-6-7-8-12-21-15-17(14-20-21)16-10-9-11-18(19)13-16/h9-11,13-15H,2-8,12,19H2,1H3. The van der Waals surface area contributed by atoms with E-state index in [0.29, 0.717) is 0 Å². The number of benzene rings is 1. The average Bonchev–Trinajstić information content (AvgIpc) is 2.95. The number of nitrogens with zero attached hydrogens (tertiary/aromatic N) is 2. The van der Waals surface area contributed by atoms with E-state index in [1.807, 2.05) is 29.1 Å². The van der Waals surface area contributed by atoms with Crippen LogP contribution in [0.15, 0.2) is 36.7 Å². The second-order valence-electron chi connectivity index (χ2n) is 5.74. The molecule has 1 aromatic carbocycles. The molecule has 0 aliphatic heterocycles. The maximum atomic E-state index is 5.82. The Morgan fingerprint density at radius 3 is 2.52 bits per heavy atom. The van der Waals surface area contributed by atoms with E-state index in [4.69, 9.17) is 5.73 Å². The van der Waals surface area contributed by atoms with Crippen molar-refractivity contribution in [2.75, 3.05) is 5.73 Å². The first-order valence-electron chi connectivity index (χ1n) is 8.18. The van der Waals surface area contributed by atoms with Crippen molar-refractivity contribution in [3.05, 3.63) is 36.7 Å². The fraction of sp³-hybridized carbons (Fsp3) is 0.500. The maximum Gasteiger partial charge on any atom is 0.0568 e. The summed E-state index contributed by atoms with van der Waals surface area (Å²) in [5, 5.41) is 4.45. The largest absolute Gasteiger partial charge is 0.399 e. The molecule has 3 heteroatoms. The lowest BCUT2D eigenvalue weighted by molar-refractivity contribution is 0.523. The summed E-state index contributed by atoms with van der Waals surface area (Å²) >= 11 is 0. The van der Waals surface area contributed by atoms with E-state index in [0.717, 1.165) is 23.4 Å². The van der Waals surface area contributed by atoms with Gasteiger partial charge >= 0.3 is 0 Å². The Bertz CT molecular complexity index is 531. The normalized spacial score (nSPS) is 10.9. The zero-order valence-electron chi connectivity index (χ0n) is 13.1. The Morgan fingerprint density at radius 2 is 1.76 bits per heavy atom. The lowest BCUT2D eigenvalue weighted by Crippen LogP contribution is -1.97. The van der Waals surface area contributed by atoms with Crippen LogP contribution in [0.25, 0.3) is 11.1 Å². The SMILES string of the molecule is CCCCCCCCCn1cc(-c2cccc(N)c2)cn1. The van der Waals surface area contributed by atoms with E-state index in [-0.39, 0.29) is 0 Å². The minimum Gasteiger partial charge on any atom is -0.399 e. The van der Waals surface area contributed by atoms with Gasteiger partial charge in [-0.1, -0.05) is 57.6 Å². The zero-order valence-corrected chi connectivity index (χ0v) is 13.1. The van der Waals surface area contributed by atoms with E-state index in [1.165, 1.54) is 44.9 Å². The van der Waals surface area contributed by atoms with Crippen LogP contribution in [0.2, 0.25) is 0 Å². The summed E-state index contributed by atoms with van der Waals surface area (Å²) in [7, 11) is 0. The van der Waals surface area contributed by atoms with Crippen LogP contribution < -0.4 is 5.73 Å². The van der Waals surface area contributed by atoms with Gasteiger partial charge in [0.2, 0.25) is 0 Å². The van der Waals surface area contributed by atoms with Crippen molar-refractivity contribution in [3.63, 3.8) is 0 Å². The highest BCUT2D eigenvalue weighted by molar-refractivity contribution is 5.65. The highest BCUT2D eigenvalue weighted by Crippen LogP contribution is 2.20. The monoisotopic (exact) mass is 285 g/mol. The number of nitrogens with two attached hydrogens (primary N) is 1. The van der Waals surface area contributed by atoms with Crippen LogP contribution in [-0.4, -0.2) is 9.78 Å². The first-order chi connectivity index (χ1) is 10.3. The summed E-state index contributed by atoms with van der Waals surface area (Å²) in [6.45, 7) is 3.27. The Hall–Kier alpha value is -1.77. The van der Waals surface area contributed by atoms with Crippen molar-refractivity contribution in [3.8, 4) is 11.1 Å². The van der Waals surface area contributed by atoms with Crippen molar-refractivity contribution < 1.29 is 0 Å². The first-order valence-corrected chi connectivity index (χ1v) is 8.18. The molecule has 2 aromatic rings. The molecule has 0 amide bonds. The van der Waals surface area contributed by atoms with Gasteiger partial charge in [0.25, 0.3) is 0 Å². The number of hydrogen-bond donors (Lipinski definition) is 1. The van der Waals surface area contributed by atoms with Crippen LogP contribution in [-0.2, 0) is 6.54 Å². The third-order valence-electron chi connectivity index (χ3n) is 3.84. The Kier molecular flexibility index (Phi) is 6.32. The van der Waals surface area contributed by atoms with E-state index >= 15 is 0 Å². The minimum atomic E-state index is 0.798. The Labute approximate surface area is 128 Å². The van der Waals surface area contributed by atoms with Crippen LogP contribution >= 0.6 is 0 Å². The lowest BCUT2D eigenvalue weighted by Gasteiger charge is -2.02. The molecule has 0 aliphatic carbocycles. The van der Waals surface area contributed by atoms with Crippen molar-refractivity contribution in [1.82, 2.24) is 9.78 Å². The molecule has 0 radical (unpaired) electrons. The van der Waals surface area contributed by atoms with Gasteiger partial charge in [-0.25, -0.2) is 0 Å². The summed E-state index contributed by atoms with van der Waals surface area (Å²) in [6, 6.07) is 7.96. The summed E-state index contributed by atoms with van der Waals surface area (Å²) in [6.07, 6.45) is 13.4. The van der Waals surface area contributed by atoms with E-state index in [2.05, 4.69) is 24.3 Å². The van der Waals surface area contributed by atoms with Crippen molar-refractivity contribution in [2.45, 2.75) is 58.4 Å². The van der Waals surface area contributed by atoms with Crippen molar-refractivity contribution in [1.29, 1.82) is 0 Å². The highest BCUT2D eigenvalue weighted by Gasteiger charge is 2.02. The molecule has 0 atom stereocenters. The summed E-state index contributed by atoms with van der Waals surface area (Å²) in [5.41, 5.74) is 8.91.